The molecule has 1 saturated carbocycles. The van der Waals surface area contributed by atoms with E-state index in [-0.39, 0.29) is 22.5 Å². The molecule has 2 N–H and O–H groups in total. The van der Waals surface area contributed by atoms with E-state index in [1.54, 1.807) is 18.2 Å². The number of Topliss-reactive ketones (excluding diaryl/α,β-unsaturated/α-hetero) is 1. The van der Waals surface area contributed by atoms with E-state index in [1.165, 1.54) is 12.1 Å². The number of halogens is 1. The van der Waals surface area contributed by atoms with Crippen LogP contribution in [0.1, 0.15) is 46.9 Å². The van der Waals surface area contributed by atoms with Crippen molar-refractivity contribution in [1.29, 1.82) is 0 Å². The van der Waals surface area contributed by atoms with Gasteiger partial charge in [0.1, 0.15) is 17.3 Å². The maximum Gasteiger partial charge on any atom is 0.238 e. The fourth-order valence-electron chi connectivity index (χ4n) is 4.34. The molecule has 1 unspecified atom stereocenters. The van der Waals surface area contributed by atoms with Gasteiger partial charge in [-0.15, -0.1) is 0 Å². The van der Waals surface area contributed by atoms with Gasteiger partial charge in [-0.25, -0.2) is 13.6 Å². The lowest BCUT2D eigenvalue weighted by molar-refractivity contribution is -0.118. The summed E-state index contributed by atoms with van der Waals surface area (Å²) in [5.41, 5.74) is 3.77. The second kappa shape index (κ2) is 8.70. The van der Waals surface area contributed by atoms with Crippen LogP contribution in [0.15, 0.2) is 65.6 Å². The molecule has 7 heteroatoms. The zero-order valence-corrected chi connectivity index (χ0v) is 19.4. The van der Waals surface area contributed by atoms with Gasteiger partial charge in [0.25, 0.3) is 0 Å². The summed E-state index contributed by atoms with van der Waals surface area (Å²) in [7, 11) is -3.77. The molecule has 0 heterocycles. The summed E-state index contributed by atoms with van der Waals surface area (Å²) < 4.78 is 29.3. The van der Waals surface area contributed by atoms with Gasteiger partial charge in [-0.2, -0.15) is 0 Å². The molecular formula is C25H24ClNO4S. The highest BCUT2D eigenvalue weighted by Crippen LogP contribution is 2.46. The minimum absolute atomic E-state index is 0.0259. The molecule has 2 atom stereocenters. The molecule has 1 fully saturated rings. The first-order valence-corrected chi connectivity index (χ1v) is 12.2. The molecule has 3 aromatic carbocycles. The minimum atomic E-state index is -3.77. The highest BCUT2D eigenvalue weighted by molar-refractivity contribution is 7.89. The van der Waals surface area contributed by atoms with Crippen LogP contribution in [0, 0.1) is 13.8 Å². The van der Waals surface area contributed by atoms with Crippen LogP contribution in [0.4, 0.5) is 0 Å². The highest BCUT2D eigenvalue weighted by atomic mass is 35.5. The zero-order valence-electron chi connectivity index (χ0n) is 17.8. The number of aryl methyl sites for hydroxylation is 2. The Labute approximate surface area is 193 Å². The molecule has 0 amide bonds. The molecule has 0 aromatic heterocycles. The Balaban J connectivity index is 1.63. The number of carbonyl (C=O) groups is 1. The van der Waals surface area contributed by atoms with E-state index in [9.17, 15) is 13.2 Å². The Morgan fingerprint density at radius 1 is 1.00 bits per heavy atom. The van der Waals surface area contributed by atoms with Gasteiger partial charge in [-0.1, -0.05) is 48.0 Å². The van der Waals surface area contributed by atoms with E-state index in [1.807, 2.05) is 44.2 Å². The number of nitrogens with two attached hydrogens (primary N) is 1. The van der Waals surface area contributed by atoms with Gasteiger partial charge in [0.2, 0.25) is 10.0 Å². The predicted molar refractivity (Wildman–Crippen MR) is 125 cm³/mol. The number of ether oxygens (including phenoxy) is 1. The van der Waals surface area contributed by atoms with Crippen molar-refractivity contribution < 1.29 is 17.9 Å². The standard InChI is InChI=1S/C25H24ClNO4S/c1-15-4-3-5-16(2)25(15)31-24-14-19(26)8-11-21(24)18-12-22(23(28)13-18)17-6-9-20(10-7-17)32(27,29)30/h3-11,14,18,22H,12-13H2,1-2H3,(H2,27,29,30)/t18-,22?/m1/s1. The molecule has 4 rings (SSSR count). The van der Waals surface area contributed by atoms with E-state index in [0.717, 1.165) is 28.0 Å². The number of carbonyl (C=O) groups excluding carboxylic acids is 1. The van der Waals surface area contributed by atoms with Crippen molar-refractivity contribution in [2.24, 2.45) is 5.14 Å². The molecular weight excluding hydrogens is 446 g/mol. The molecule has 0 bridgehead atoms. The number of para-hydroxylation sites is 1. The average molecular weight is 470 g/mol. The lowest BCUT2D eigenvalue weighted by Gasteiger charge is -2.18. The molecule has 0 spiro atoms. The molecule has 0 saturated heterocycles. The molecule has 166 valence electrons. The Hall–Kier alpha value is -2.67. The molecule has 32 heavy (non-hydrogen) atoms. The van der Waals surface area contributed by atoms with Gasteiger partial charge in [0.15, 0.2) is 0 Å². The summed E-state index contributed by atoms with van der Waals surface area (Å²) in [6.45, 7) is 3.99. The fourth-order valence-corrected chi connectivity index (χ4v) is 5.01. The third-order valence-corrected chi connectivity index (χ3v) is 7.17. The van der Waals surface area contributed by atoms with Crippen LogP contribution in [-0.2, 0) is 14.8 Å². The van der Waals surface area contributed by atoms with Crippen molar-refractivity contribution in [3.63, 3.8) is 0 Å². The number of rotatable bonds is 5. The Morgan fingerprint density at radius 2 is 1.66 bits per heavy atom. The van der Waals surface area contributed by atoms with Crippen LogP contribution in [-0.4, -0.2) is 14.2 Å². The van der Waals surface area contributed by atoms with Crippen LogP contribution >= 0.6 is 11.6 Å². The lowest BCUT2D eigenvalue weighted by atomic mass is 9.92. The molecule has 0 radical (unpaired) electrons. The van der Waals surface area contributed by atoms with Gasteiger partial charge in [0, 0.05) is 17.4 Å². The number of primary sulfonamides is 1. The topological polar surface area (TPSA) is 86.5 Å². The van der Waals surface area contributed by atoms with Crippen molar-refractivity contribution in [2.45, 2.75) is 43.4 Å². The van der Waals surface area contributed by atoms with Crippen molar-refractivity contribution in [3.05, 3.63) is 87.9 Å². The molecule has 5 nitrogen and oxygen atoms in total. The van der Waals surface area contributed by atoms with E-state index >= 15 is 0 Å². The quantitative estimate of drug-likeness (QED) is 0.524. The summed E-state index contributed by atoms with van der Waals surface area (Å²) in [6.07, 6.45) is 0.991. The largest absolute Gasteiger partial charge is 0.456 e. The molecule has 3 aromatic rings. The van der Waals surface area contributed by atoms with Crippen LogP contribution < -0.4 is 9.88 Å². The summed E-state index contributed by atoms with van der Waals surface area (Å²) in [6, 6.07) is 17.7. The summed E-state index contributed by atoms with van der Waals surface area (Å²) in [4.78, 5) is 12.9. The van der Waals surface area contributed by atoms with Gasteiger partial charge in [-0.3, -0.25) is 4.79 Å². The molecule has 1 aliphatic carbocycles. The first kappa shape index (κ1) is 22.5. The normalized spacial score (nSPS) is 18.7. The third kappa shape index (κ3) is 4.58. The van der Waals surface area contributed by atoms with Gasteiger partial charge < -0.3 is 4.74 Å². The monoisotopic (exact) mass is 469 g/mol. The smallest absolute Gasteiger partial charge is 0.238 e. The fraction of sp³-hybridized carbons (Fsp3) is 0.240. The summed E-state index contributed by atoms with van der Waals surface area (Å²) in [5, 5.41) is 5.74. The van der Waals surface area contributed by atoms with Crippen molar-refractivity contribution in [1.82, 2.24) is 0 Å². The maximum absolute atomic E-state index is 12.9. The Bertz CT molecular complexity index is 1270. The second-order valence-electron chi connectivity index (χ2n) is 8.27. The van der Waals surface area contributed by atoms with E-state index in [4.69, 9.17) is 21.5 Å². The third-order valence-electron chi connectivity index (χ3n) is 6.00. The second-order valence-corrected chi connectivity index (χ2v) is 10.3. The maximum atomic E-state index is 12.9. The number of sulfonamides is 1. The lowest BCUT2D eigenvalue weighted by Crippen LogP contribution is -2.12. The molecule has 1 aliphatic rings. The number of hydrogen-bond donors (Lipinski definition) is 1. The SMILES string of the molecule is Cc1cccc(C)c1Oc1cc(Cl)ccc1[C@H]1CC(=O)C(c2ccc(S(N)(=O)=O)cc2)C1. The Kier molecular flexibility index (Phi) is 6.12. The van der Waals surface area contributed by atoms with Crippen LogP contribution in [0.2, 0.25) is 5.02 Å². The average Bonchev–Trinajstić information content (AvgIpc) is 3.12. The van der Waals surface area contributed by atoms with Gasteiger partial charge in [0.05, 0.1) is 4.90 Å². The van der Waals surface area contributed by atoms with Crippen LogP contribution in [0.25, 0.3) is 0 Å². The van der Waals surface area contributed by atoms with Crippen molar-refractivity contribution in [2.75, 3.05) is 0 Å². The Morgan fingerprint density at radius 3 is 2.28 bits per heavy atom. The van der Waals surface area contributed by atoms with E-state index in [0.29, 0.717) is 23.6 Å². The molecule has 0 aliphatic heterocycles. The van der Waals surface area contributed by atoms with Crippen molar-refractivity contribution in [3.8, 4) is 11.5 Å². The van der Waals surface area contributed by atoms with E-state index < -0.39 is 10.0 Å². The minimum Gasteiger partial charge on any atom is -0.456 e. The van der Waals surface area contributed by atoms with Crippen LogP contribution in [0.5, 0.6) is 11.5 Å². The van der Waals surface area contributed by atoms with E-state index in [2.05, 4.69) is 0 Å². The summed E-state index contributed by atoms with van der Waals surface area (Å²) in [5.74, 6) is 1.22. The highest BCUT2D eigenvalue weighted by Gasteiger charge is 2.36. The number of benzene rings is 3. The summed E-state index contributed by atoms with van der Waals surface area (Å²) >= 11 is 6.27. The van der Waals surface area contributed by atoms with Gasteiger partial charge in [-0.05, 0) is 72.7 Å². The zero-order chi connectivity index (χ0) is 23.0. The van der Waals surface area contributed by atoms with Crippen LogP contribution in [0.3, 0.4) is 0 Å². The first-order chi connectivity index (χ1) is 15.1. The number of hydrogen-bond acceptors (Lipinski definition) is 4. The van der Waals surface area contributed by atoms with Gasteiger partial charge >= 0.3 is 0 Å². The first-order valence-electron chi connectivity index (χ1n) is 10.3. The number of ketones is 1. The van der Waals surface area contributed by atoms with Crippen molar-refractivity contribution >= 4 is 27.4 Å². The predicted octanol–water partition coefficient (Wildman–Crippen LogP) is 5.63.